The van der Waals surface area contributed by atoms with Crippen molar-refractivity contribution in [3.05, 3.63) is 76.6 Å². The number of carbonyl (C=O) groups is 1. The van der Waals surface area contributed by atoms with Crippen molar-refractivity contribution in [3.8, 4) is 0 Å². The maximum absolute atomic E-state index is 12.1. The van der Waals surface area contributed by atoms with Crippen molar-refractivity contribution >= 4 is 35.5 Å². The van der Waals surface area contributed by atoms with Crippen LogP contribution in [0.3, 0.4) is 0 Å². The number of hydrogen-bond donors (Lipinski definition) is 1. The van der Waals surface area contributed by atoms with Crippen LogP contribution in [-0.2, 0) is 12.8 Å². The van der Waals surface area contributed by atoms with E-state index in [-0.39, 0.29) is 5.91 Å². The fourth-order valence-corrected chi connectivity index (χ4v) is 3.05. The first kappa shape index (κ1) is 18.2. The molecule has 0 radical (unpaired) electrons. The molecule has 0 atom stereocenters. The highest BCUT2D eigenvalue weighted by atomic mass is 35.5. The second kappa shape index (κ2) is 8.64. The average Bonchev–Trinajstić information content (AvgIpc) is 3.07. The van der Waals surface area contributed by atoms with Crippen molar-refractivity contribution in [2.24, 2.45) is 12.1 Å². The molecule has 0 spiro atoms. The number of halogens is 1. The molecule has 3 rings (SSSR count). The minimum Gasteiger partial charge on any atom is -0.312 e. The zero-order valence-electron chi connectivity index (χ0n) is 14.0. The zero-order valence-corrected chi connectivity index (χ0v) is 15.5. The first-order chi connectivity index (χ1) is 12.6. The van der Waals surface area contributed by atoms with Crippen LogP contribution in [0.25, 0.3) is 0 Å². The summed E-state index contributed by atoms with van der Waals surface area (Å²) in [5.74, 6) is 0.492. The second-order valence-corrected chi connectivity index (χ2v) is 6.84. The van der Waals surface area contributed by atoms with Crippen molar-refractivity contribution in [1.29, 1.82) is 0 Å². The van der Waals surface area contributed by atoms with Crippen molar-refractivity contribution in [3.63, 3.8) is 0 Å². The molecule has 1 amide bonds. The van der Waals surface area contributed by atoms with Gasteiger partial charge in [-0.25, -0.2) is 5.43 Å². The molecular formula is C18H16ClN5OS. The van der Waals surface area contributed by atoms with Gasteiger partial charge in [-0.2, -0.15) is 5.10 Å². The number of hydrazone groups is 1. The molecule has 8 heteroatoms. The fraction of sp³-hybridized carbons (Fsp3) is 0.111. The molecule has 3 aromatic rings. The largest absolute Gasteiger partial charge is 0.312 e. The molecule has 1 heterocycles. The van der Waals surface area contributed by atoms with Crippen LogP contribution < -0.4 is 5.43 Å². The number of amides is 1. The van der Waals surface area contributed by atoms with Gasteiger partial charge < -0.3 is 4.57 Å². The minimum atomic E-state index is -0.261. The van der Waals surface area contributed by atoms with Gasteiger partial charge in [-0.15, -0.1) is 10.2 Å². The topological polar surface area (TPSA) is 72.2 Å². The monoisotopic (exact) mass is 385 g/mol. The van der Waals surface area contributed by atoms with Gasteiger partial charge in [0.05, 0.1) is 6.21 Å². The quantitative estimate of drug-likeness (QED) is 0.400. The van der Waals surface area contributed by atoms with E-state index in [9.17, 15) is 4.79 Å². The standard InChI is InChI=1S/C18H16ClN5OS/c1-24-12-21-23-18(24)26-11-14-2-6-15(7-3-14)17(25)22-20-10-13-4-8-16(19)9-5-13/h2-10,12H,11H2,1H3,(H,22,25)/b20-10-. The van der Waals surface area contributed by atoms with Crippen LogP contribution >= 0.6 is 23.4 Å². The van der Waals surface area contributed by atoms with E-state index in [1.54, 1.807) is 48.6 Å². The molecule has 0 unspecified atom stereocenters. The lowest BCUT2D eigenvalue weighted by Crippen LogP contribution is -2.17. The van der Waals surface area contributed by atoms with Gasteiger partial charge >= 0.3 is 0 Å². The normalized spacial score (nSPS) is 11.0. The molecule has 2 aromatic carbocycles. The summed E-state index contributed by atoms with van der Waals surface area (Å²) in [6, 6.07) is 14.6. The summed E-state index contributed by atoms with van der Waals surface area (Å²) < 4.78 is 1.87. The van der Waals surface area contributed by atoms with Crippen molar-refractivity contribution in [1.82, 2.24) is 20.2 Å². The van der Waals surface area contributed by atoms with Gasteiger partial charge in [-0.05, 0) is 35.4 Å². The molecule has 0 bridgehead atoms. The highest BCUT2D eigenvalue weighted by molar-refractivity contribution is 7.98. The van der Waals surface area contributed by atoms with E-state index in [1.165, 1.54) is 0 Å². The summed E-state index contributed by atoms with van der Waals surface area (Å²) in [5, 5.41) is 13.3. The number of nitrogens with zero attached hydrogens (tertiary/aromatic N) is 4. The molecule has 26 heavy (non-hydrogen) atoms. The van der Waals surface area contributed by atoms with Crippen LogP contribution in [0.4, 0.5) is 0 Å². The van der Waals surface area contributed by atoms with Crippen molar-refractivity contribution < 1.29 is 4.79 Å². The zero-order chi connectivity index (χ0) is 18.4. The van der Waals surface area contributed by atoms with Crippen molar-refractivity contribution in [2.75, 3.05) is 0 Å². The molecule has 0 fully saturated rings. The van der Waals surface area contributed by atoms with E-state index in [0.29, 0.717) is 10.6 Å². The number of benzene rings is 2. The van der Waals surface area contributed by atoms with E-state index in [1.807, 2.05) is 35.9 Å². The summed E-state index contributed by atoms with van der Waals surface area (Å²) in [6.07, 6.45) is 3.24. The highest BCUT2D eigenvalue weighted by Gasteiger charge is 2.06. The van der Waals surface area contributed by atoms with Crippen LogP contribution in [0.15, 0.2) is 65.1 Å². The Morgan fingerprint density at radius 3 is 2.62 bits per heavy atom. The molecule has 6 nitrogen and oxygen atoms in total. The third-order valence-corrected chi connectivity index (χ3v) is 4.86. The maximum Gasteiger partial charge on any atom is 0.271 e. The van der Waals surface area contributed by atoms with Gasteiger partial charge in [0.25, 0.3) is 5.91 Å². The van der Waals surface area contributed by atoms with E-state index < -0.39 is 0 Å². The predicted molar refractivity (Wildman–Crippen MR) is 104 cm³/mol. The number of aromatic nitrogens is 3. The lowest BCUT2D eigenvalue weighted by molar-refractivity contribution is 0.0955. The summed E-state index contributed by atoms with van der Waals surface area (Å²) >= 11 is 7.41. The average molecular weight is 386 g/mol. The smallest absolute Gasteiger partial charge is 0.271 e. The van der Waals surface area contributed by atoms with Crippen LogP contribution in [-0.4, -0.2) is 26.9 Å². The van der Waals surface area contributed by atoms with E-state index >= 15 is 0 Å². The van der Waals surface area contributed by atoms with Gasteiger partial charge in [0, 0.05) is 23.4 Å². The third kappa shape index (κ3) is 4.93. The number of nitrogens with one attached hydrogen (secondary N) is 1. The summed E-state index contributed by atoms with van der Waals surface area (Å²) in [6.45, 7) is 0. The van der Waals surface area contributed by atoms with Gasteiger partial charge in [0.1, 0.15) is 6.33 Å². The third-order valence-electron chi connectivity index (χ3n) is 3.50. The van der Waals surface area contributed by atoms with Crippen LogP contribution in [0.1, 0.15) is 21.5 Å². The molecule has 0 aliphatic heterocycles. The molecule has 0 saturated heterocycles. The SMILES string of the molecule is Cn1cnnc1SCc1ccc(C(=O)N/N=C\c2ccc(Cl)cc2)cc1. The van der Waals surface area contributed by atoms with Crippen LogP contribution in [0.5, 0.6) is 0 Å². The number of rotatable bonds is 6. The van der Waals surface area contributed by atoms with Crippen LogP contribution in [0, 0.1) is 0 Å². The summed E-state index contributed by atoms with van der Waals surface area (Å²) in [5.41, 5.74) is 5.01. The van der Waals surface area contributed by atoms with Gasteiger partial charge in [-0.1, -0.05) is 47.6 Å². The second-order valence-electron chi connectivity index (χ2n) is 5.46. The first-order valence-electron chi connectivity index (χ1n) is 7.76. The molecule has 132 valence electrons. The van der Waals surface area contributed by atoms with Gasteiger partial charge in [-0.3, -0.25) is 4.79 Å². The number of thioether (sulfide) groups is 1. The number of hydrogen-bond acceptors (Lipinski definition) is 5. The van der Waals surface area contributed by atoms with E-state index in [2.05, 4.69) is 20.7 Å². The predicted octanol–water partition coefficient (Wildman–Crippen LogP) is 3.52. The Bertz CT molecular complexity index is 906. The van der Waals surface area contributed by atoms with E-state index in [0.717, 1.165) is 22.0 Å². The van der Waals surface area contributed by atoms with Crippen LogP contribution in [0.2, 0.25) is 5.02 Å². The Hall–Kier alpha value is -2.64. The lowest BCUT2D eigenvalue weighted by Gasteiger charge is -2.03. The molecule has 0 aliphatic rings. The fourth-order valence-electron chi connectivity index (χ4n) is 2.08. The molecular weight excluding hydrogens is 370 g/mol. The maximum atomic E-state index is 12.1. The number of carbonyl (C=O) groups excluding carboxylic acids is 1. The van der Waals surface area contributed by atoms with Crippen molar-refractivity contribution in [2.45, 2.75) is 10.9 Å². The van der Waals surface area contributed by atoms with Gasteiger partial charge in [0.2, 0.25) is 0 Å². The molecule has 1 N–H and O–H groups in total. The molecule has 0 aliphatic carbocycles. The first-order valence-corrected chi connectivity index (χ1v) is 9.13. The number of aryl methyl sites for hydroxylation is 1. The highest BCUT2D eigenvalue weighted by Crippen LogP contribution is 2.20. The lowest BCUT2D eigenvalue weighted by atomic mass is 10.1. The Morgan fingerprint density at radius 2 is 1.96 bits per heavy atom. The Balaban J connectivity index is 1.53. The summed E-state index contributed by atoms with van der Waals surface area (Å²) in [4.78, 5) is 12.1. The molecule has 1 aromatic heterocycles. The Labute approximate surface area is 160 Å². The Kier molecular flexibility index (Phi) is 6.04. The molecule has 0 saturated carbocycles. The summed E-state index contributed by atoms with van der Waals surface area (Å²) in [7, 11) is 1.90. The minimum absolute atomic E-state index is 0.261. The van der Waals surface area contributed by atoms with Gasteiger partial charge in [0.15, 0.2) is 5.16 Å². The van der Waals surface area contributed by atoms with E-state index in [4.69, 9.17) is 11.6 Å². The Morgan fingerprint density at radius 1 is 1.23 bits per heavy atom.